The van der Waals surface area contributed by atoms with Gasteiger partial charge in [0.1, 0.15) is 11.0 Å². The van der Waals surface area contributed by atoms with Gasteiger partial charge in [-0.2, -0.15) is 5.10 Å². The first-order valence-corrected chi connectivity index (χ1v) is 12.3. The molecule has 0 aliphatic carbocycles. The van der Waals surface area contributed by atoms with Gasteiger partial charge in [0.25, 0.3) is 5.91 Å². The Morgan fingerprint density at radius 3 is 2.49 bits per heavy atom. The molecule has 1 amide bonds. The Labute approximate surface area is 219 Å². The zero-order valence-corrected chi connectivity index (χ0v) is 21.6. The van der Waals surface area contributed by atoms with Crippen LogP contribution in [0.5, 0.6) is 0 Å². The number of aromatic nitrogens is 3. The van der Waals surface area contributed by atoms with Crippen molar-refractivity contribution in [3.8, 4) is 5.69 Å². The molecule has 0 aliphatic rings. The fraction of sp³-hybridized carbons (Fsp3) is 0.172. The van der Waals surface area contributed by atoms with E-state index >= 15 is 0 Å². The van der Waals surface area contributed by atoms with Crippen molar-refractivity contribution in [2.75, 3.05) is 25.5 Å². The minimum Gasteiger partial charge on any atom is -0.378 e. The number of rotatable bonds is 7. The van der Waals surface area contributed by atoms with Crippen LogP contribution in [0.2, 0.25) is 5.15 Å². The maximum absolute atomic E-state index is 13.4. The number of para-hydroxylation sites is 1. The molecule has 8 heteroatoms. The molecule has 0 radical (unpaired) electrons. The lowest BCUT2D eigenvalue weighted by atomic mass is 9.90. The number of nitrogens with zero attached hydrogens (tertiary/aromatic N) is 3. The van der Waals surface area contributed by atoms with Crippen LogP contribution in [0.4, 0.5) is 10.1 Å². The Hall–Kier alpha value is -4.10. The molecule has 2 N–H and O–H groups in total. The van der Waals surface area contributed by atoms with E-state index in [2.05, 4.69) is 50.6 Å². The van der Waals surface area contributed by atoms with E-state index in [1.54, 1.807) is 19.1 Å². The molecule has 0 aliphatic heterocycles. The number of halogens is 2. The number of carbonyl (C=O) groups is 1. The molecule has 0 spiro atoms. The Bertz CT molecular complexity index is 1550. The maximum atomic E-state index is 13.4. The quantitative estimate of drug-likeness (QED) is 0.276. The van der Waals surface area contributed by atoms with Crippen molar-refractivity contribution in [2.24, 2.45) is 0 Å². The van der Waals surface area contributed by atoms with E-state index in [4.69, 9.17) is 11.6 Å². The summed E-state index contributed by atoms with van der Waals surface area (Å²) in [6, 6.07) is 22.3. The first-order valence-electron chi connectivity index (χ1n) is 12.0. The average molecular weight is 516 g/mol. The van der Waals surface area contributed by atoms with Crippen molar-refractivity contribution in [3.63, 3.8) is 0 Å². The van der Waals surface area contributed by atoms with E-state index in [9.17, 15) is 9.18 Å². The Morgan fingerprint density at radius 1 is 1.08 bits per heavy atom. The number of aromatic amines is 1. The molecule has 5 aromatic rings. The molecule has 0 bridgehead atoms. The molecule has 2 heterocycles. The summed E-state index contributed by atoms with van der Waals surface area (Å²) in [6.07, 6.45) is 2.01. The van der Waals surface area contributed by atoms with Gasteiger partial charge in [0.15, 0.2) is 0 Å². The number of benzene rings is 3. The van der Waals surface area contributed by atoms with Gasteiger partial charge in [-0.25, -0.2) is 9.07 Å². The minimum absolute atomic E-state index is 0.0949. The normalized spacial score (nSPS) is 12.0. The number of H-pyrrole nitrogens is 1. The van der Waals surface area contributed by atoms with Crippen molar-refractivity contribution < 1.29 is 9.18 Å². The zero-order chi connectivity index (χ0) is 26.1. The second-order valence-corrected chi connectivity index (χ2v) is 9.54. The monoisotopic (exact) mass is 515 g/mol. The van der Waals surface area contributed by atoms with Crippen LogP contribution in [-0.2, 0) is 0 Å². The van der Waals surface area contributed by atoms with E-state index in [0.717, 1.165) is 27.7 Å². The second kappa shape index (κ2) is 10.1. The lowest BCUT2D eigenvalue weighted by molar-refractivity contribution is 0.0952. The van der Waals surface area contributed by atoms with Crippen LogP contribution in [-0.4, -0.2) is 41.3 Å². The molecular weight excluding hydrogens is 489 g/mol. The summed E-state index contributed by atoms with van der Waals surface area (Å²) in [6.45, 7) is 2.09. The van der Waals surface area contributed by atoms with Crippen molar-refractivity contribution >= 4 is 34.1 Å². The Balaban J connectivity index is 1.45. The smallest absolute Gasteiger partial charge is 0.256 e. The number of nitrogens with one attached hydrogen (secondary N) is 2. The number of hydrogen-bond acceptors (Lipinski definition) is 3. The highest BCUT2D eigenvalue weighted by Gasteiger charge is 2.24. The second-order valence-electron chi connectivity index (χ2n) is 9.18. The molecule has 0 fully saturated rings. The van der Waals surface area contributed by atoms with Gasteiger partial charge < -0.3 is 15.2 Å². The van der Waals surface area contributed by atoms with Crippen molar-refractivity contribution in [1.29, 1.82) is 0 Å². The Kier molecular flexibility index (Phi) is 6.72. The number of hydrogen-bond donors (Lipinski definition) is 2. The van der Waals surface area contributed by atoms with Crippen LogP contribution in [0, 0.1) is 12.7 Å². The summed E-state index contributed by atoms with van der Waals surface area (Å²) < 4.78 is 14.8. The van der Waals surface area contributed by atoms with E-state index < -0.39 is 0 Å². The molecule has 5 rings (SSSR count). The summed E-state index contributed by atoms with van der Waals surface area (Å²) in [7, 11) is 4.01. The maximum Gasteiger partial charge on any atom is 0.256 e. The van der Waals surface area contributed by atoms with Gasteiger partial charge in [-0.1, -0.05) is 41.9 Å². The molecule has 2 aromatic heterocycles. The van der Waals surface area contributed by atoms with E-state index in [1.807, 2.05) is 38.5 Å². The summed E-state index contributed by atoms with van der Waals surface area (Å²) in [5.74, 6) is -0.767. The summed E-state index contributed by atoms with van der Waals surface area (Å²) in [5, 5.41) is 8.80. The highest BCUT2D eigenvalue weighted by molar-refractivity contribution is 6.33. The standard InChI is InChI=1S/C29H27ClFN5O/c1-18-27(28(30)36(34-18)22-14-10-20(31)11-15-22)29(37)33-16-24(19-8-12-21(13-9-19)35(2)3)25-17-32-26-7-5-4-6-23(25)26/h4-15,17,24,32H,16H2,1-3H3,(H,33,37)/t24-/m0/s1. The number of amides is 1. The van der Waals surface area contributed by atoms with Gasteiger partial charge in [-0.05, 0) is 60.5 Å². The number of aryl methyl sites for hydroxylation is 1. The zero-order valence-electron chi connectivity index (χ0n) is 20.8. The number of fused-ring (bicyclic) bond motifs is 1. The first kappa shape index (κ1) is 24.6. The number of anilines is 1. The lowest BCUT2D eigenvalue weighted by Crippen LogP contribution is -2.29. The number of carbonyl (C=O) groups excluding carboxylic acids is 1. The van der Waals surface area contributed by atoms with E-state index in [-0.39, 0.29) is 22.8 Å². The largest absolute Gasteiger partial charge is 0.378 e. The first-order chi connectivity index (χ1) is 17.8. The van der Waals surface area contributed by atoms with Crippen LogP contribution >= 0.6 is 11.6 Å². The van der Waals surface area contributed by atoms with Gasteiger partial charge >= 0.3 is 0 Å². The molecule has 0 saturated heterocycles. The van der Waals surface area contributed by atoms with Crippen LogP contribution in [0.25, 0.3) is 16.6 Å². The SMILES string of the molecule is Cc1nn(-c2ccc(F)cc2)c(Cl)c1C(=O)NC[C@@H](c1ccc(N(C)C)cc1)c1c[nH]c2ccccc12. The molecular formula is C29H27ClFN5O. The van der Waals surface area contributed by atoms with E-state index in [0.29, 0.717) is 23.5 Å². The van der Waals surface area contributed by atoms with Gasteiger partial charge in [-0.3, -0.25) is 4.79 Å². The molecule has 1 atom stereocenters. The summed E-state index contributed by atoms with van der Waals surface area (Å²) >= 11 is 6.59. The fourth-order valence-corrected chi connectivity index (χ4v) is 4.95. The van der Waals surface area contributed by atoms with Crippen LogP contribution in [0.15, 0.2) is 79.0 Å². The average Bonchev–Trinajstić information content (AvgIpc) is 3.45. The van der Waals surface area contributed by atoms with Gasteiger partial charge in [0.2, 0.25) is 0 Å². The highest BCUT2D eigenvalue weighted by Crippen LogP contribution is 2.32. The van der Waals surface area contributed by atoms with Crippen molar-refractivity contribution in [1.82, 2.24) is 20.1 Å². The van der Waals surface area contributed by atoms with Gasteiger partial charge in [0.05, 0.1) is 16.9 Å². The third-order valence-electron chi connectivity index (χ3n) is 6.58. The Morgan fingerprint density at radius 2 is 1.78 bits per heavy atom. The van der Waals surface area contributed by atoms with Crippen LogP contribution in [0.1, 0.15) is 33.1 Å². The topological polar surface area (TPSA) is 66.0 Å². The predicted molar refractivity (Wildman–Crippen MR) is 147 cm³/mol. The molecule has 6 nitrogen and oxygen atoms in total. The third-order valence-corrected chi connectivity index (χ3v) is 6.93. The fourth-order valence-electron chi connectivity index (χ4n) is 4.59. The minimum atomic E-state index is -0.358. The van der Waals surface area contributed by atoms with Crippen molar-refractivity contribution in [2.45, 2.75) is 12.8 Å². The van der Waals surface area contributed by atoms with Crippen LogP contribution in [0.3, 0.4) is 0 Å². The molecule has 0 saturated carbocycles. The molecule has 3 aromatic carbocycles. The predicted octanol–water partition coefficient (Wildman–Crippen LogP) is 6.08. The van der Waals surface area contributed by atoms with Gasteiger partial charge in [-0.15, -0.1) is 0 Å². The molecule has 188 valence electrons. The van der Waals surface area contributed by atoms with E-state index in [1.165, 1.54) is 16.8 Å². The molecule has 37 heavy (non-hydrogen) atoms. The molecule has 0 unspecified atom stereocenters. The summed E-state index contributed by atoms with van der Waals surface area (Å²) in [4.78, 5) is 18.8. The van der Waals surface area contributed by atoms with Crippen molar-refractivity contribution in [3.05, 3.63) is 112 Å². The van der Waals surface area contributed by atoms with Gasteiger partial charge in [0, 0.05) is 49.3 Å². The third kappa shape index (κ3) is 4.82. The lowest BCUT2D eigenvalue weighted by Gasteiger charge is -2.20. The van der Waals surface area contributed by atoms with Crippen LogP contribution < -0.4 is 10.2 Å². The summed E-state index contributed by atoms with van der Waals surface area (Å²) in [5.41, 5.74) is 5.68. The highest BCUT2D eigenvalue weighted by atomic mass is 35.5.